The Labute approximate surface area is 377 Å². The summed E-state index contributed by atoms with van der Waals surface area (Å²) in [5, 5.41) is 47.2. The smallest absolute Gasteiger partial charge is 0.322 e. The van der Waals surface area contributed by atoms with Gasteiger partial charge in [-0.25, -0.2) is 0 Å². The van der Waals surface area contributed by atoms with Crippen LogP contribution in [0.1, 0.15) is 80.6 Å². The summed E-state index contributed by atoms with van der Waals surface area (Å²) < 4.78 is 0. The van der Waals surface area contributed by atoms with Crippen LogP contribution in [-0.2, 0) is 47.9 Å². The third-order valence-electron chi connectivity index (χ3n) is 9.53. The number of aliphatic carboxylic acids is 2. The molecule has 25 nitrogen and oxygen atoms in total. The maximum Gasteiger partial charge on any atom is 0.322 e. The number of nitrogens with two attached hydrogens (primary N) is 3. The first-order chi connectivity index (χ1) is 29.8. The molecular weight excluding hydrogens is 865 g/mol. The zero-order valence-corrected chi connectivity index (χ0v) is 38.2. The summed E-state index contributed by atoms with van der Waals surface area (Å²) >= 11 is 4.08. The van der Waals surface area contributed by atoms with E-state index in [0.29, 0.717) is 6.42 Å². The summed E-state index contributed by atoms with van der Waals surface area (Å²) in [6.45, 7) is 9.89. The van der Waals surface area contributed by atoms with Crippen molar-refractivity contribution in [2.75, 3.05) is 25.4 Å². The van der Waals surface area contributed by atoms with Crippen molar-refractivity contribution in [3.63, 3.8) is 0 Å². The Morgan fingerprint density at radius 3 is 1.62 bits per heavy atom. The number of hydrogen-bond donors (Lipinski definition) is 15. The molecule has 0 unspecified atom stereocenters. The SMILES string of the molecule is CC[C@H](C)[C@H](N)C(=O)N[C@@H](CC(C)C)C(=O)N[C@@H](CCCN=C(N)N)C(=O)N[C@@H](CC(=O)O)C(=O)N[C@@H](CS)C(=O)N[C@@H](CO)C(=O)N[C@H](C(=O)N[C@@H](C)C(=O)NCC(=O)O)C(C)C. The largest absolute Gasteiger partial charge is 0.481 e. The van der Waals surface area contributed by atoms with Crippen molar-refractivity contribution in [1.82, 2.24) is 42.5 Å². The van der Waals surface area contributed by atoms with Gasteiger partial charge in [0.1, 0.15) is 48.8 Å². The number of carbonyl (C=O) groups excluding carboxylic acids is 8. The predicted molar refractivity (Wildman–Crippen MR) is 235 cm³/mol. The van der Waals surface area contributed by atoms with Crippen molar-refractivity contribution < 1.29 is 63.3 Å². The highest BCUT2D eigenvalue weighted by atomic mass is 32.1. The predicted octanol–water partition coefficient (Wildman–Crippen LogP) is -4.87. The summed E-state index contributed by atoms with van der Waals surface area (Å²) in [5.41, 5.74) is 16.9. The first kappa shape index (κ1) is 58.2. The number of aliphatic hydroxyl groups excluding tert-OH is 1. The normalized spacial score (nSPS) is 15.2. The number of aliphatic imine (C=N–C) groups is 1. The van der Waals surface area contributed by atoms with Gasteiger partial charge in [0, 0.05) is 12.3 Å². The van der Waals surface area contributed by atoms with Crippen molar-refractivity contribution in [3.05, 3.63) is 0 Å². The first-order valence-electron chi connectivity index (χ1n) is 20.7. The van der Waals surface area contributed by atoms with Crippen LogP contribution < -0.4 is 59.7 Å². The maximum absolute atomic E-state index is 13.8. The molecule has 0 heterocycles. The molecule has 0 aromatic heterocycles. The third-order valence-corrected chi connectivity index (χ3v) is 9.90. The number of carboxylic acid groups (broad SMARTS) is 2. The summed E-state index contributed by atoms with van der Waals surface area (Å²) in [6, 6.07) is -11.2. The van der Waals surface area contributed by atoms with Crippen LogP contribution in [0.25, 0.3) is 0 Å². The number of thiol groups is 1. The van der Waals surface area contributed by atoms with Gasteiger partial charge in [0.2, 0.25) is 47.3 Å². The molecule has 17 N–H and O–H groups in total. The second-order valence-electron chi connectivity index (χ2n) is 15.8. The van der Waals surface area contributed by atoms with Crippen LogP contribution in [-0.4, -0.2) is 154 Å². The molecule has 0 saturated carbocycles. The lowest BCUT2D eigenvalue weighted by Gasteiger charge is -2.28. The molecule has 0 aliphatic rings. The van der Waals surface area contributed by atoms with Gasteiger partial charge in [0.15, 0.2) is 5.96 Å². The van der Waals surface area contributed by atoms with E-state index in [4.69, 9.17) is 22.3 Å². The summed E-state index contributed by atoms with van der Waals surface area (Å²) in [4.78, 5) is 132. The average molecular weight is 933 g/mol. The van der Waals surface area contributed by atoms with E-state index in [-0.39, 0.29) is 43.6 Å². The number of carbonyl (C=O) groups is 10. The molecule has 0 aromatic rings. The topological polar surface area (TPSA) is 418 Å². The van der Waals surface area contributed by atoms with Crippen molar-refractivity contribution in [1.29, 1.82) is 0 Å². The Morgan fingerprint density at radius 1 is 0.625 bits per heavy atom. The van der Waals surface area contributed by atoms with Gasteiger partial charge in [-0.1, -0.05) is 48.0 Å². The van der Waals surface area contributed by atoms with Crippen LogP contribution in [0.3, 0.4) is 0 Å². The van der Waals surface area contributed by atoms with E-state index in [1.165, 1.54) is 6.92 Å². The molecule has 64 heavy (non-hydrogen) atoms. The Balaban J connectivity index is 6.22. The zero-order chi connectivity index (χ0) is 49.4. The lowest BCUT2D eigenvalue weighted by Crippen LogP contribution is -2.61. The second kappa shape index (κ2) is 29.6. The lowest BCUT2D eigenvalue weighted by molar-refractivity contribution is -0.141. The first-order valence-corrected chi connectivity index (χ1v) is 21.3. The molecular formula is C38H68N12O13S. The van der Waals surface area contributed by atoms with E-state index in [2.05, 4.69) is 60.2 Å². The van der Waals surface area contributed by atoms with E-state index < -0.39 is 139 Å². The third kappa shape index (κ3) is 22.0. The molecule has 364 valence electrons. The molecule has 0 radical (unpaired) electrons. The highest BCUT2D eigenvalue weighted by molar-refractivity contribution is 7.80. The standard InChI is InChI=1S/C38H68N12O13S/c1-8-19(6)28(39)36(62)47-22(12-17(2)3)32(58)45-21(10-9-11-42-38(40)41)31(57)46-23(13-26(52)53)33(59)49-25(16-64)35(61)48-24(15-51)34(60)50-29(18(4)5)37(63)44-20(7)30(56)43-14-27(54)55/h17-25,28-29,51,64H,8-16,39H2,1-7H3,(H,43,56)(H,44,63)(H,45,58)(H,46,57)(H,47,62)(H,48,61)(H,49,59)(H,50,60)(H,52,53)(H,54,55)(H4,40,41,42)/t19-,20-,21-,22-,23-,24-,25-,28-,29-/m0/s1. The van der Waals surface area contributed by atoms with E-state index in [9.17, 15) is 58.2 Å². The fourth-order valence-electron chi connectivity index (χ4n) is 5.59. The van der Waals surface area contributed by atoms with Gasteiger partial charge in [0.05, 0.1) is 19.1 Å². The Kier molecular flexibility index (Phi) is 26.9. The van der Waals surface area contributed by atoms with Crippen LogP contribution in [0.4, 0.5) is 0 Å². The molecule has 0 aliphatic heterocycles. The molecule has 0 saturated heterocycles. The molecule has 0 spiro atoms. The van der Waals surface area contributed by atoms with Crippen LogP contribution in [0.5, 0.6) is 0 Å². The van der Waals surface area contributed by atoms with Gasteiger partial charge >= 0.3 is 11.9 Å². The van der Waals surface area contributed by atoms with Gasteiger partial charge in [0.25, 0.3) is 0 Å². The molecule has 0 aliphatic carbocycles. The fraction of sp³-hybridized carbons (Fsp3) is 0.711. The van der Waals surface area contributed by atoms with E-state index >= 15 is 0 Å². The number of amides is 8. The highest BCUT2D eigenvalue weighted by Gasteiger charge is 2.35. The monoisotopic (exact) mass is 932 g/mol. The van der Waals surface area contributed by atoms with Crippen molar-refractivity contribution in [3.8, 4) is 0 Å². The number of carboxylic acids is 2. The van der Waals surface area contributed by atoms with Gasteiger partial charge < -0.3 is 75.1 Å². The summed E-state index contributed by atoms with van der Waals surface area (Å²) in [6.07, 6.45) is -0.289. The lowest BCUT2D eigenvalue weighted by atomic mass is 9.97. The van der Waals surface area contributed by atoms with E-state index in [0.717, 1.165) is 0 Å². The van der Waals surface area contributed by atoms with Crippen LogP contribution >= 0.6 is 12.6 Å². The van der Waals surface area contributed by atoms with Crippen LogP contribution in [0.15, 0.2) is 4.99 Å². The van der Waals surface area contributed by atoms with Gasteiger partial charge in [-0.15, -0.1) is 0 Å². The number of hydrogen-bond acceptors (Lipinski definition) is 14. The van der Waals surface area contributed by atoms with Crippen LogP contribution in [0, 0.1) is 17.8 Å². The van der Waals surface area contributed by atoms with Crippen molar-refractivity contribution in [2.24, 2.45) is 39.9 Å². The minimum atomic E-state index is -1.85. The quantitative estimate of drug-likeness (QED) is 0.0139. The summed E-state index contributed by atoms with van der Waals surface area (Å²) in [5.74, 6) is -11.9. The molecule has 8 amide bonds. The molecule has 26 heteroatoms. The van der Waals surface area contributed by atoms with E-state index in [1.807, 2.05) is 6.92 Å². The number of guanidine groups is 1. The summed E-state index contributed by atoms with van der Waals surface area (Å²) in [7, 11) is 0. The molecule has 0 aromatic carbocycles. The number of nitrogens with zero attached hydrogens (tertiary/aromatic N) is 1. The van der Waals surface area contributed by atoms with E-state index in [1.54, 1.807) is 34.6 Å². The Morgan fingerprint density at radius 2 is 1.12 bits per heavy atom. The minimum Gasteiger partial charge on any atom is -0.481 e. The average Bonchev–Trinajstić information content (AvgIpc) is 3.21. The van der Waals surface area contributed by atoms with Gasteiger partial charge in [-0.05, 0) is 43.9 Å². The maximum atomic E-state index is 13.8. The highest BCUT2D eigenvalue weighted by Crippen LogP contribution is 2.11. The Hall–Kier alpha value is -5.76. The van der Waals surface area contributed by atoms with Crippen LogP contribution in [0.2, 0.25) is 0 Å². The molecule has 9 atom stereocenters. The second-order valence-corrected chi connectivity index (χ2v) is 16.2. The Bertz CT molecular complexity index is 1660. The number of rotatable bonds is 30. The molecule has 0 rings (SSSR count). The molecule has 0 fully saturated rings. The minimum absolute atomic E-state index is 0.0158. The van der Waals surface area contributed by atoms with Gasteiger partial charge in [-0.2, -0.15) is 12.6 Å². The number of nitrogens with one attached hydrogen (secondary N) is 8. The molecule has 0 bridgehead atoms. The van der Waals surface area contributed by atoms with Crippen molar-refractivity contribution in [2.45, 2.75) is 129 Å². The van der Waals surface area contributed by atoms with Gasteiger partial charge in [-0.3, -0.25) is 52.9 Å². The zero-order valence-electron chi connectivity index (χ0n) is 37.3. The number of aliphatic hydroxyl groups is 1. The fourth-order valence-corrected chi connectivity index (χ4v) is 5.85. The van der Waals surface area contributed by atoms with Crippen molar-refractivity contribution >= 4 is 77.8 Å².